The Kier molecular flexibility index (Phi) is 5.05. The smallest absolute Gasteiger partial charge is 0.0109 e. The molecule has 0 bridgehead atoms. The SMILES string of the molecule is CN1CCCN(CC(C)(C)C2CCCNC2)CC1. The van der Waals surface area contributed by atoms with Crippen LogP contribution in [0.3, 0.4) is 0 Å². The van der Waals surface area contributed by atoms with E-state index in [1.165, 1.54) is 65.1 Å². The topological polar surface area (TPSA) is 18.5 Å². The average Bonchev–Trinajstić information content (AvgIpc) is 2.55. The Morgan fingerprint density at radius 1 is 1.11 bits per heavy atom. The normalized spacial score (nSPS) is 29.2. The van der Waals surface area contributed by atoms with Gasteiger partial charge in [0.2, 0.25) is 0 Å². The van der Waals surface area contributed by atoms with Gasteiger partial charge in [-0.1, -0.05) is 13.8 Å². The van der Waals surface area contributed by atoms with E-state index in [4.69, 9.17) is 0 Å². The second-order valence-corrected chi connectivity index (χ2v) is 6.96. The number of hydrogen-bond acceptors (Lipinski definition) is 3. The van der Waals surface area contributed by atoms with E-state index in [1.54, 1.807) is 0 Å². The molecule has 0 spiro atoms. The summed E-state index contributed by atoms with van der Waals surface area (Å²) in [5, 5.41) is 3.57. The van der Waals surface area contributed by atoms with Crippen LogP contribution < -0.4 is 5.32 Å². The number of hydrogen-bond donors (Lipinski definition) is 1. The van der Waals surface area contributed by atoms with Crippen LogP contribution in [0, 0.1) is 11.3 Å². The number of nitrogens with zero attached hydrogens (tertiary/aromatic N) is 2. The molecule has 0 radical (unpaired) electrons. The highest BCUT2D eigenvalue weighted by molar-refractivity contribution is 4.86. The Bertz CT molecular complexity index is 246. The van der Waals surface area contributed by atoms with Crippen LogP contribution in [0.25, 0.3) is 0 Å². The first kappa shape index (κ1) is 14.3. The van der Waals surface area contributed by atoms with Crippen molar-refractivity contribution in [3.63, 3.8) is 0 Å². The van der Waals surface area contributed by atoms with Crippen molar-refractivity contribution in [1.29, 1.82) is 0 Å². The van der Waals surface area contributed by atoms with E-state index in [0.717, 1.165) is 5.92 Å². The van der Waals surface area contributed by atoms with Crippen molar-refractivity contribution in [2.24, 2.45) is 11.3 Å². The molecule has 0 aromatic heterocycles. The lowest BCUT2D eigenvalue weighted by atomic mass is 9.74. The van der Waals surface area contributed by atoms with Crippen molar-refractivity contribution < 1.29 is 0 Å². The van der Waals surface area contributed by atoms with Crippen molar-refractivity contribution in [3.05, 3.63) is 0 Å². The number of piperidine rings is 1. The van der Waals surface area contributed by atoms with Crippen LogP contribution in [0.2, 0.25) is 0 Å². The molecule has 1 atom stereocenters. The molecule has 0 aromatic rings. The molecule has 0 aliphatic carbocycles. The molecule has 2 heterocycles. The highest BCUT2D eigenvalue weighted by Gasteiger charge is 2.32. The van der Waals surface area contributed by atoms with E-state index >= 15 is 0 Å². The van der Waals surface area contributed by atoms with Crippen molar-refractivity contribution in [3.8, 4) is 0 Å². The zero-order valence-corrected chi connectivity index (χ0v) is 12.5. The lowest BCUT2D eigenvalue weighted by Gasteiger charge is -2.40. The highest BCUT2D eigenvalue weighted by Crippen LogP contribution is 2.32. The molecule has 3 heteroatoms. The summed E-state index contributed by atoms with van der Waals surface area (Å²) in [7, 11) is 2.25. The molecular formula is C15H31N3. The summed E-state index contributed by atoms with van der Waals surface area (Å²) in [5.41, 5.74) is 0.455. The second kappa shape index (κ2) is 6.36. The van der Waals surface area contributed by atoms with Crippen molar-refractivity contribution in [1.82, 2.24) is 15.1 Å². The fourth-order valence-electron chi connectivity index (χ4n) is 3.48. The lowest BCUT2D eigenvalue weighted by Crippen LogP contribution is -2.45. The van der Waals surface area contributed by atoms with Crippen LogP contribution in [0.5, 0.6) is 0 Å². The minimum atomic E-state index is 0.455. The second-order valence-electron chi connectivity index (χ2n) is 6.96. The van der Waals surface area contributed by atoms with Crippen LogP contribution in [-0.2, 0) is 0 Å². The summed E-state index contributed by atoms with van der Waals surface area (Å²) in [5.74, 6) is 0.854. The van der Waals surface area contributed by atoms with Gasteiger partial charge in [-0.05, 0) is 63.8 Å². The van der Waals surface area contributed by atoms with E-state index in [9.17, 15) is 0 Å². The number of rotatable bonds is 3. The largest absolute Gasteiger partial charge is 0.316 e. The summed E-state index contributed by atoms with van der Waals surface area (Å²) >= 11 is 0. The van der Waals surface area contributed by atoms with E-state index in [2.05, 4.69) is 36.0 Å². The van der Waals surface area contributed by atoms with Crippen LogP contribution in [0.4, 0.5) is 0 Å². The third kappa shape index (κ3) is 3.94. The molecule has 106 valence electrons. The lowest BCUT2D eigenvalue weighted by molar-refractivity contribution is 0.103. The predicted octanol–water partition coefficient (Wildman–Crippen LogP) is 1.65. The molecule has 2 saturated heterocycles. The number of nitrogens with one attached hydrogen (secondary N) is 1. The fourth-order valence-corrected chi connectivity index (χ4v) is 3.48. The van der Waals surface area contributed by atoms with Crippen LogP contribution >= 0.6 is 0 Å². The van der Waals surface area contributed by atoms with Gasteiger partial charge in [0.1, 0.15) is 0 Å². The van der Waals surface area contributed by atoms with Gasteiger partial charge in [-0.3, -0.25) is 0 Å². The van der Waals surface area contributed by atoms with E-state index in [0.29, 0.717) is 5.41 Å². The summed E-state index contributed by atoms with van der Waals surface area (Å²) in [6.07, 6.45) is 4.10. The Morgan fingerprint density at radius 2 is 1.94 bits per heavy atom. The standard InChI is InChI=1S/C15H31N3/c1-15(2,14-6-4-7-16-12-14)13-18-9-5-8-17(3)10-11-18/h14,16H,4-13H2,1-3H3. The molecule has 2 aliphatic rings. The molecule has 3 nitrogen and oxygen atoms in total. The zero-order chi connectivity index (χ0) is 13.0. The Labute approximate surface area is 113 Å². The highest BCUT2D eigenvalue weighted by atomic mass is 15.2. The Hall–Kier alpha value is -0.120. The van der Waals surface area contributed by atoms with Gasteiger partial charge < -0.3 is 15.1 Å². The predicted molar refractivity (Wildman–Crippen MR) is 77.9 cm³/mol. The molecule has 18 heavy (non-hydrogen) atoms. The van der Waals surface area contributed by atoms with Gasteiger partial charge in [-0.25, -0.2) is 0 Å². The average molecular weight is 253 g/mol. The summed E-state index contributed by atoms with van der Waals surface area (Å²) in [4.78, 5) is 5.16. The Morgan fingerprint density at radius 3 is 2.67 bits per heavy atom. The number of likely N-dealkylation sites (N-methyl/N-ethyl adjacent to an activating group) is 1. The van der Waals surface area contributed by atoms with Gasteiger partial charge in [0.25, 0.3) is 0 Å². The molecule has 2 fully saturated rings. The van der Waals surface area contributed by atoms with Crippen LogP contribution in [-0.4, -0.2) is 62.7 Å². The molecule has 1 unspecified atom stereocenters. The molecule has 0 amide bonds. The molecule has 0 saturated carbocycles. The van der Waals surface area contributed by atoms with Crippen LogP contribution in [0.1, 0.15) is 33.1 Å². The molecule has 0 aromatic carbocycles. The first-order chi connectivity index (χ1) is 8.58. The minimum Gasteiger partial charge on any atom is -0.316 e. The fraction of sp³-hybridized carbons (Fsp3) is 1.00. The Balaban J connectivity index is 1.85. The molecule has 2 rings (SSSR count). The van der Waals surface area contributed by atoms with Crippen molar-refractivity contribution in [2.75, 3.05) is 52.9 Å². The zero-order valence-electron chi connectivity index (χ0n) is 12.5. The van der Waals surface area contributed by atoms with E-state index in [1.807, 2.05) is 0 Å². The maximum Gasteiger partial charge on any atom is 0.0109 e. The minimum absolute atomic E-state index is 0.455. The maximum atomic E-state index is 3.57. The first-order valence-corrected chi connectivity index (χ1v) is 7.69. The maximum absolute atomic E-state index is 3.57. The van der Waals surface area contributed by atoms with Crippen molar-refractivity contribution >= 4 is 0 Å². The summed E-state index contributed by atoms with van der Waals surface area (Å²) in [6, 6.07) is 0. The quantitative estimate of drug-likeness (QED) is 0.825. The monoisotopic (exact) mass is 253 g/mol. The van der Waals surface area contributed by atoms with E-state index in [-0.39, 0.29) is 0 Å². The molecular weight excluding hydrogens is 222 g/mol. The third-order valence-electron chi connectivity index (χ3n) is 4.85. The van der Waals surface area contributed by atoms with Crippen molar-refractivity contribution in [2.45, 2.75) is 33.1 Å². The van der Waals surface area contributed by atoms with Gasteiger partial charge in [-0.2, -0.15) is 0 Å². The van der Waals surface area contributed by atoms with Gasteiger partial charge in [-0.15, -0.1) is 0 Å². The summed E-state index contributed by atoms with van der Waals surface area (Å²) in [6.45, 7) is 13.7. The first-order valence-electron chi connectivity index (χ1n) is 7.69. The molecule has 1 N–H and O–H groups in total. The summed E-state index contributed by atoms with van der Waals surface area (Å²) < 4.78 is 0. The van der Waals surface area contributed by atoms with Gasteiger partial charge >= 0.3 is 0 Å². The third-order valence-corrected chi connectivity index (χ3v) is 4.85. The molecule has 2 aliphatic heterocycles. The van der Waals surface area contributed by atoms with E-state index < -0.39 is 0 Å². The van der Waals surface area contributed by atoms with Gasteiger partial charge in [0.05, 0.1) is 0 Å². The van der Waals surface area contributed by atoms with Gasteiger partial charge in [0.15, 0.2) is 0 Å². The van der Waals surface area contributed by atoms with Crippen LogP contribution in [0.15, 0.2) is 0 Å². The van der Waals surface area contributed by atoms with Gasteiger partial charge in [0, 0.05) is 19.6 Å².